The molecular weight excluding hydrogens is 421 g/mol. The summed E-state index contributed by atoms with van der Waals surface area (Å²) in [5.74, 6) is 0.810. The highest BCUT2D eigenvalue weighted by atomic mass is 19.1. The maximum absolute atomic E-state index is 13.9. The summed E-state index contributed by atoms with van der Waals surface area (Å²) in [4.78, 5) is 28.7. The van der Waals surface area contributed by atoms with Crippen molar-refractivity contribution in [3.63, 3.8) is 0 Å². The van der Waals surface area contributed by atoms with Crippen LogP contribution in [0.1, 0.15) is 50.9 Å². The van der Waals surface area contributed by atoms with Gasteiger partial charge in [0, 0.05) is 41.7 Å². The molecule has 1 saturated heterocycles. The van der Waals surface area contributed by atoms with Gasteiger partial charge in [0.25, 0.3) is 0 Å². The monoisotopic (exact) mass is 447 g/mol. The van der Waals surface area contributed by atoms with Crippen molar-refractivity contribution in [3.05, 3.63) is 65.9 Å². The third kappa shape index (κ3) is 4.25. The number of rotatable bonds is 3. The summed E-state index contributed by atoms with van der Waals surface area (Å²) < 4.78 is 19.6. The number of hydrogen-bond donors (Lipinski definition) is 1. The van der Waals surface area contributed by atoms with Crippen LogP contribution in [0.15, 0.2) is 48.8 Å². The summed E-state index contributed by atoms with van der Waals surface area (Å²) in [6.07, 6.45) is 5.35. The fourth-order valence-electron chi connectivity index (χ4n) is 4.63. The lowest BCUT2D eigenvalue weighted by Crippen LogP contribution is -2.45. The molecule has 2 aliphatic heterocycles. The number of ether oxygens (including phenoxy) is 1. The van der Waals surface area contributed by atoms with Gasteiger partial charge in [-0.3, -0.25) is 9.88 Å². The number of pyridine rings is 1. The van der Waals surface area contributed by atoms with Crippen LogP contribution in [0.2, 0.25) is 0 Å². The van der Waals surface area contributed by atoms with Gasteiger partial charge in [-0.05, 0) is 63.9 Å². The smallest absolute Gasteiger partial charge is 0.411 e. The molecule has 0 radical (unpaired) electrons. The van der Waals surface area contributed by atoms with E-state index in [1.807, 2.05) is 37.8 Å². The van der Waals surface area contributed by atoms with Gasteiger partial charge < -0.3 is 10.1 Å². The molecule has 3 aromatic rings. The predicted molar refractivity (Wildman–Crippen MR) is 122 cm³/mol. The largest absolute Gasteiger partial charge is 0.444 e. The van der Waals surface area contributed by atoms with Crippen LogP contribution in [0.4, 0.5) is 20.7 Å². The number of nitrogens with one attached hydrogen (secondary N) is 1. The molecule has 4 heterocycles. The number of hydrogen-bond acceptors (Lipinski definition) is 6. The highest BCUT2D eigenvalue weighted by molar-refractivity contribution is 5.73. The van der Waals surface area contributed by atoms with E-state index in [2.05, 4.69) is 10.3 Å². The van der Waals surface area contributed by atoms with Crippen molar-refractivity contribution < 1.29 is 13.9 Å². The molecule has 170 valence electrons. The molecule has 2 unspecified atom stereocenters. The Morgan fingerprint density at radius 2 is 1.94 bits per heavy atom. The molecule has 0 aliphatic carbocycles. The quantitative estimate of drug-likeness (QED) is 0.578. The third-order valence-electron chi connectivity index (χ3n) is 5.92. The first-order valence-corrected chi connectivity index (χ1v) is 11.1. The van der Waals surface area contributed by atoms with Crippen LogP contribution in [-0.4, -0.2) is 37.6 Å². The van der Waals surface area contributed by atoms with Gasteiger partial charge in [-0.25, -0.2) is 19.2 Å². The Kier molecular flexibility index (Phi) is 5.23. The van der Waals surface area contributed by atoms with E-state index in [4.69, 9.17) is 14.7 Å². The fourth-order valence-corrected chi connectivity index (χ4v) is 4.63. The van der Waals surface area contributed by atoms with Gasteiger partial charge in [0.15, 0.2) is 5.82 Å². The molecule has 1 N–H and O–H groups in total. The van der Waals surface area contributed by atoms with E-state index >= 15 is 0 Å². The molecule has 5 rings (SSSR count). The molecule has 1 fully saturated rings. The molecule has 2 aromatic heterocycles. The Morgan fingerprint density at radius 1 is 1.15 bits per heavy atom. The first-order valence-electron chi connectivity index (χ1n) is 11.1. The number of carbonyl (C=O) groups excluding carboxylic acids is 1. The zero-order valence-corrected chi connectivity index (χ0v) is 18.9. The molecule has 1 amide bonds. The van der Waals surface area contributed by atoms with E-state index in [9.17, 15) is 9.18 Å². The molecule has 7 nitrogen and oxygen atoms in total. The van der Waals surface area contributed by atoms with E-state index in [1.54, 1.807) is 24.5 Å². The Labute approximate surface area is 192 Å². The van der Waals surface area contributed by atoms with Gasteiger partial charge in [-0.15, -0.1) is 0 Å². The van der Waals surface area contributed by atoms with Crippen LogP contribution in [0.25, 0.3) is 11.4 Å². The van der Waals surface area contributed by atoms with Gasteiger partial charge in [-0.1, -0.05) is 6.07 Å². The number of anilines is 2. The Balaban J connectivity index is 1.60. The lowest BCUT2D eigenvalue weighted by atomic mass is 9.97. The minimum absolute atomic E-state index is 0.0274. The maximum Gasteiger partial charge on any atom is 0.411 e. The molecule has 2 atom stereocenters. The zero-order chi connectivity index (χ0) is 23.2. The van der Waals surface area contributed by atoms with Crippen molar-refractivity contribution in [1.29, 1.82) is 0 Å². The first-order chi connectivity index (χ1) is 15.8. The first kappa shape index (κ1) is 21.3. The number of aromatic nitrogens is 3. The molecule has 2 aliphatic rings. The van der Waals surface area contributed by atoms with Crippen molar-refractivity contribution >= 4 is 17.6 Å². The number of benzene rings is 1. The third-order valence-corrected chi connectivity index (χ3v) is 5.92. The van der Waals surface area contributed by atoms with Crippen LogP contribution in [0.3, 0.4) is 0 Å². The van der Waals surface area contributed by atoms with E-state index in [0.29, 0.717) is 23.8 Å². The number of halogens is 1. The molecule has 0 saturated carbocycles. The summed E-state index contributed by atoms with van der Waals surface area (Å²) in [5.41, 5.74) is 2.62. The number of fused-ring (bicyclic) bond motifs is 4. The average molecular weight is 448 g/mol. The highest BCUT2D eigenvalue weighted by Gasteiger charge is 2.46. The molecular formula is C25H26FN5O2. The molecule has 1 aromatic carbocycles. The van der Waals surface area contributed by atoms with Crippen LogP contribution in [0, 0.1) is 5.82 Å². The Morgan fingerprint density at radius 3 is 2.67 bits per heavy atom. The number of nitrogens with zero attached hydrogens (tertiary/aromatic N) is 4. The van der Waals surface area contributed by atoms with E-state index in [0.717, 1.165) is 29.7 Å². The zero-order valence-electron chi connectivity index (χ0n) is 18.9. The van der Waals surface area contributed by atoms with Gasteiger partial charge >= 0.3 is 6.09 Å². The predicted octanol–water partition coefficient (Wildman–Crippen LogP) is 5.42. The molecule has 33 heavy (non-hydrogen) atoms. The fraction of sp³-hybridized carbons (Fsp3) is 0.360. The molecule has 0 spiro atoms. The lowest BCUT2D eigenvalue weighted by molar-refractivity contribution is 0.0123. The Bertz CT molecular complexity index is 1200. The second-order valence-corrected chi connectivity index (χ2v) is 9.47. The SMILES string of the molecule is CC(C)(C)OC(=O)N1C2CCC1c1c(nc(-c3ccncc3)nc1Nc1cccc(F)c1)C2. The molecule has 8 heteroatoms. The molecule has 2 bridgehead atoms. The Hall–Kier alpha value is -3.55. The number of amides is 1. The summed E-state index contributed by atoms with van der Waals surface area (Å²) >= 11 is 0. The van der Waals surface area contributed by atoms with E-state index in [-0.39, 0.29) is 24.0 Å². The highest BCUT2D eigenvalue weighted by Crippen LogP contribution is 2.47. The van der Waals surface area contributed by atoms with Crippen molar-refractivity contribution in [2.75, 3.05) is 5.32 Å². The number of carbonyl (C=O) groups is 1. The van der Waals surface area contributed by atoms with Crippen molar-refractivity contribution in [2.45, 2.75) is 57.7 Å². The maximum atomic E-state index is 13.9. The van der Waals surface area contributed by atoms with Crippen LogP contribution < -0.4 is 5.32 Å². The van der Waals surface area contributed by atoms with Gasteiger partial charge in [-0.2, -0.15) is 0 Å². The summed E-state index contributed by atoms with van der Waals surface area (Å²) in [7, 11) is 0. The van der Waals surface area contributed by atoms with Gasteiger partial charge in [0.05, 0.1) is 11.7 Å². The second-order valence-electron chi connectivity index (χ2n) is 9.47. The second kappa shape index (κ2) is 8.10. The van der Waals surface area contributed by atoms with Gasteiger partial charge in [0.1, 0.15) is 17.2 Å². The van der Waals surface area contributed by atoms with Crippen LogP contribution in [-0.2, 0) is 11.2 Å². The minimum atomic E-state index is -0.582. The van der Waals surface area contributed by atoms with Crippen molar-refractivity contribution in [3.8, 4) is 11.4 Å². The van der Waals surface area contributed by atoms with Crippen LogP contribution in [0.5, 0.6) is 0 Å². The normalized spacial score (nSPS) is 19.2. The van der Waals surface area contributed by atoms with Crippen molar-refractivity contribution in [2.24, 2.45) is 0 Å². The van der Waals surface area contributed by atoms with Crippen molar-refractivity contribution in [1.82, 2.24) is 19.9 Å². The summed E-state index contributed by atoms with van der Waals surface area (Å²) in [5, 5.41) is 3.29. The standard InChI is InChI=1S/C25H26FN5O2/c1-25(2,3)33-24(32)31-18-7-8-20(31)21-19(14-18)29-22(15-9-11-27-12-10-15)30-23(21)28-17-6-4-5-16(26)13-17/h4-6,9-13,18,20H,7-8,14H2,1-3H3,(H,28,29,30). The minimum Gasteiger partial charge on any atom is -0.444 e. The lowest BCUT2D eigenvalue weighted by Gasteiger charge is -2.37. The van der Waals surface area contributed by atoms with E-state index < -0.39 is 5.60 Å². The average Bonchev–Trinajstić information content (AvgIpc) is 3.07. The van der Waals surface area contributed by atoms with Crippen LogP contribution >= 0.6 is 0 Å². The summed E-state index contributed by atoms with van der Waals surface area (Å²) in [6.45, 7) is 5.60. The van der Waals surface area contributed by atoms with Gasteiger partial charge in [0.2, 0.25) is 0 Å². The topological polar surface area (TPSA) is 80.2 Å². The van der Waals surface area contributed by atoms with E-state index in [1.165, 1.54) is 12.1 Å². The summed E-state index contributed by atoms with van der Waals surface area (Å²) in [6, 6.07) is 9.80.